The van der Waals surface area contributed by atoms with E-state index in [1.807, 2.05) is 47.8 Å². The van der Waals surface area contributed by atoms with Gasteiger partial charge in [0.1, 0.15) is 16.4 Å². The Labute approximate surface area is 174 Å². The second-order valence-corrected chi connectivity index (χ2v) is 8.12. The molecule has 0 bridgehead atoms. The number of hydrogen-bond donors (Lipinski definition) is 1. The first kappa shape index (κ1) is 18.7. The molecule has 4 rings (SSSR count). The Morgan fingerprint density at radius 1 is 1.07 bits per heavy atom. The van der Waals surface area contributed by atoms with Crippen LogP contribution in [0.15, 0.2) is 47.8 Å². The monoisotopic (exact) mass is 430 g/mol. The summed E-state index contributed by atoms with van der Waals surface area (Å²) >= 11 is 9.15. The van der Waals surface area contributed by atoms with Crippen LogP contribution in [0.4, 0.5) is 5.13 Å². The number of methoxy groups -OCH3 is 2. The molecule has 4 aromatic rings. The van der Waals surface area contributed by atoms with Crippen LogP contribution in [0.5, 0.6) is 11.5 Å². The van der Waals surface area contributed by atoms with Crippen molar-refractivity contribution in [2.45, 2.75) is 0 Å². The van der Waals surface area contributed by atoms with Crippen LogP contribution in [0.2, 0.25) is 5.02 Å². The summed E-state index contributed by atoms with van der Waals surface area (Å²) in [6.07, 6.45) is 0. The second-order valence-electron chi connectivity index (χ2n) is 5.83. The van der Waals surface area contributed by atoms with Crippen molar-refractivity contribution in [3.05, 3.63) is 57.7 Å². The molecule has 5 nitrogen and oxygen atoms in total. The third-order valence-electron chi connectivity index (χ3n) is 4.15. The van der Waals surface area contributed by atoms with E-state index in [1.165, 1.54) is 22.7 Å². The zero-order chi connectivity index (χ0) is 19.7. The fourth-order valence-corrected chi connectivity index (χ4v) is 4.80. The molecule has 0 spiro atoms. The minimum atomic E-state index is -0.277. The Morgan fingerprint density at radius 3 is 2.50 bits per heavy atom. The minimum absolute atomic E-state index is 0.277. The normalized spacial score (nSPS) is 10.8. The summed E-state index contributed by atoms with van der Waals surface area (Å²) in [6.45, 7) is 0. The molecule has 2 heterocycles. The van der Waals surface area contributed by atoms with Gasteiger partial charge in [0.2, 0.25) is 0 Å². The highest BCUT2D eigenvalue weighted by Gasteiger charge is 2.19. The molecular formula is C20H15ClN2O3S2. The highest BCUT2D eigenvalue weighted by molar-refractivity contribution is 7.22. The van der Waals surface area contributed by atoms with E-state index in [0.29, 0.717) is 20.8 Å². The number of rotatable bonds is 5. The van der Waals surface area contributed by atoms with Gasteiger partial charge in [-0.25, -0.2) is 4.98 Å². The largest absolute Gasteiger partial charge is 0.497 e. The molecule has 28 heavy (non-hydrogen) atoms. The maximum Gasteiger partial charge on any atom is 0.269 e. The third kappa shape index (κ3) is 3.56. The van der Waals surface area contributed by atoms with Crippen molar-refractivity contribution < 1.29 is 14.3 Å². The molecule has 0 aliphatic carbocycles. The van der Waals surface area contributed by atoms with Gasteiger partial charge >= 0.3 is 0 Å². The summed E-state index contributed by atoms with van der Waals surface area (Å²) in [5, 5.41) is 6.47. The predicted molar refractivity (Wildman–Crippen MR) is 115 cm³/mol. The lowest BCUT2D eigenvalue weighted by Gasteiger charge is -2.01. The van der Waals surface area contributed by atoms with Gasteiger partial charge in [0, 0.05) is 21.0 Å². The van der Waals surface area contributed by atoms with Crippen molar-refractivity contribution in [3.63, 3.8) is 0 Å². The van der Waals surface area contributed by atoms with Gasteiger partial charge in [-0.1, -0.05) is 11.6 Å². The Kier molecular flexibility index (Phi) is 5.21. The highest BCUT2D eigenvalue weighted by atomic mass is 35.5. The molecule has 0 unspecified atom stereocenters. The second kappa shape index (κ2) is 7.79. The fourth-order valence-electron chi connectivity index (χ4n) is 2.70. The average molecular weight is 431 g/mol. The molecule has 142 valence electrons. The van der Waals surface area contributed by atoms with Gasteiger partial charge in [-0.3, -0.25) is 10.1 Å². The van der Waals surface area contributed by atoms with Gasteiger partial charge in [0.05, 0.1) is 24.9 Å². The summed E-state index contributed by atoms with van der Waals surface area (Å²) in [6, 6.07) is 13.2. The van der Waals surface area contributed by atoms with Crippen LogP contribution in [0, 0.1) is 0 Å². The molecule has 0 saturated heterocycles. The van der Waals surface area contributed by atoms with Crippen molar-refractivity contribution >= 4 is 55.4 Å². The van der Waals surface area contributed by atoms with Crippen molar-refractivity contribution in [3.8, 4) is 22.8 Å². The van der Waals surface area contributed by atoms with E-state index in [9.17, 15) is 4.79 Å². The third-order valence-corrected chi connectivity index (χ3v) is 6.58. The van der Waals surface area contributed by atoms with Crippen LogP contribution < -0.4 is 14.8 Å². The van der Waals surface area contributed by atoms with Crippen LogP contribution in [-0.4, -0.2) is 25.1 Å². The summed E-state index contributed by atoms with van der Waals surface area (Å²) in [5.41, 5.74) is 1.74. The molecule has 1 N–H and O–H groups in total. The van der Waals surface area contributed by atoms with Crippen LogP contribution in [0.3, 0.4) is 0 Å². The zero-order valence-electron chi connectivity index (χ0n) is 15.0. The van der Waals surface area contributed by atoms with E-state index >= 15 is 0 Å². The van der Waals surface area contributed by atoms with Crippen molar-refractivity contribution in [1.82, 2.24) is 4.98 Å². The number of hydrogen-bond acceptors (Lipinski definition) is 6. The molecule has 2 aromatic carbocycles. The Morgan fingerprint density at radius 2 is 1.79 bits per heavy atom. The summed E-state index contributed by atoms with van der Waals surface area (Å²) in [5.74, 6) is 1.20. The molecule has 0 radical (unpaired) electrons. The number of nitrogens with zero attached hydrogens (tertiary/aromatic N) is 1. The van der Waals surface area contributed by atoms with Crippen molar-refractivity contribution in [2.75, 3.05) is 19.5 Å². The van der Waals surface area contributed by atoms with Crippen molar-refractivity contribution in [2.24, 2.45) is 0 Å². The molecule has 0 atom stereocenters. The molecular weight excluding hydrogens is 416 g/mol. The number of thiazole rings is 1. The van der Waals surface area contributed by atoms with Crippen LogP contribution in [0.1, 0.15) is 9.67 Å². The number of anilines is 1. The fraction of sp³-hybridized carbons (Fsp3) is 0.100. The predicted octanol–water partition coefficient (Wildman–Crippen LogP) is 5.95. The van der Waals surface area contributed by atoms with Gasteiger partial charge in [-0.15, -0.1) is 22.7 Å². The molecule has 1 amide bonds. The number of carbonyl (C=O) groups excluding carboxylic acids is 1. The lowest BCUT2D eigenvalue weighted by Crippen LogP contribution is -2.10. The molecule has 0 aliphatic heterocycles. The summed E-state index contributed by atoms with van der Waals surface area (Å²) < 4.78 is 11.3. The first-order valence-electron chi connectivity index (χ1n) is 8.26. The standard InChI is InChI=1S/C20H15ClN2O3S2/c1-25-12-5-3-11(4-6-12)15-10-27-20(22-15)23-19(24)18-17(21)14-9-13(26-2)7-8-16(14)28-18/h3-10H,1-2H3,(H,22,23,24). The van der Waals surface area contributed by atoms with E-state index in [-0.39, 0.29) is 5.91 Å². The number of amides is 1. The quantitative estimate of drug-likeness (QED) is 0.425. The first-order chi connectivity index (χ1) is 13.6. The Bertz CT molecular complexity index is 1150. The number of thiophene rings is 1. The van der Waals surface area contributed by atoms with E-state index in [0.717, 1.165) is 27.1 Å². The number of halogens is 1. The van der Waals surface area contributed by atoms with Gasteiger partial charge in [-0.2, -0.15) is 0 Å². The number of benzene rings is 2. The molecule has 8 heteroatoms. The maximum absolute atomic E-state index is 12.7. The minimum Gasteiger partial charge on any atom is -0.497 e. The van der Waals surface area contributed by atoms with Crippen molar-refractivity contribution in [1.29, 1.82) is 0 Å². The number of fused-ring (bicyclic) bond motifs is 1. The number of ether oxygens (including phenoxy) is 2. The van der Waals surface area contributed by atoms with Crippen LogP contribution >= 0.6 is 34.3 Å². The van der Waals surface area contributed by atoms with E-state index in [4.69, 9.17) is 21.1 Å². The molecule has 0 fully saturated rings. The lowest BCUT2D eigenvalue weighted by atomic mass is 10.2. The average Bonchev–Trinajstić information content (AvgIpc) is 3.32. The maximum atomic E-state index is 12.7. The number of nitrogens with one attached hydrogen (secondary N) is 1. The molecule has 0 aliphatic rings. The number of carbonyl (C=O) groups is 1. The van der Waals surface area contributed by atoms with Gasteiger partial charge < -0.3 is 9.47 Å². The molecule has 0 saturated carbocycles. The van der Waals surface area contributed by atoms with Crippen LogP contribution in [0.25, 0.3) is 21.3 Å². The Hall–Kier alpha value is -2.61. The SMILES string of the molecule is COc1ccc(-c2csc(NC(=O)c3sc4ccc(OC)cc4c3Cl)n2)cc1. The van der Waals surface area contributed by atoms with Gasteiger partial charge in [-0.05, 0) is 42.5 Å². The topological polar surface area (TPSA) is 60.5 Å². The van der Waals surface area contributed by atoms with E-state index < -0.39 is 0 Å². The smallest absolute Gasteiger partial charge is 0.269 e. The summed E-state index contributed by atoms with van der Waals surface area (Å²) in [4.78, 5) is 17.7. The van der Waals surface area contributed by atoms with Crippen LogP contribution in [-0.2, 0) is 0 Å². The number of aromatic nitrogens is 1. The highest BCUT2D eigenvalue weighted by Crippen LogP contribution is 2.38. The van der Waals surface area contributed by atoms with E-state index in [1.54, 1.807) is 14.2 Å². The van der Waals surface area contributed by atoms with Gasteiger partial charge in [0.25, 0.3) is 5.91 Å². The zero-order valence-corrected chi connectivity index (χ0v) is 17.4. The molecule has 2 aromatic heterocycles. The van der Waals surface area contributed by atoms with Gasteiger partial charge in [0.15, 0.2) is 5.13 Å². The first-order valence-corrected chi connectivity index (χ1v) is 10.3. The van der Waals surface area contributed by atoms with E-state index in [2.05, 4.69) is 10.3 Å². The lowest BCUT2D eigenvalue weighted by molar-refractivity contribution is 0.103. The summed E-state index contributed by atoms with van der Waals surface area (Å²) in [7, 11) is 3.22. The Balaban J connectivity index is 1.56.